The Morgan fingerprint density at radius 1 is 0.917 bits per heavy atom. The molecule has 2 aliphatic rings. The number of piperidine rings is 1. The molecule has 72 valence electrons. The smallest absolute Gasteiger partial charge is 0.238 e. The van der Waals surface area contributed by atoms with Crippen LogP contribution in [0.4, 0.5) is 0 Å². The molecule has 2 rings (SSSR count). The van der Waals surface area contributed by atoms with Crippen LogP contribution in [0.2, 0.25) is 0 Å². The molecule has 0 amide bonds. The zero-order valence-corrected chi connectivity index (χ0v) is 9.63. The molecule has 12 heavy (non-hydrogen) atoms. The fourth-order valence-corrected chi connectivity index (χ4v) is 2.34. The summed E-state index contributed by atoms with van der Waals surface area (Å²) in [5, 5.41) is 0. The highest BCUT2D eigenvalue weighted by Gasteiger charge is 2.08. The van der Waals surface area contributed by atoms with E-state index >= 15 is 0 Å². The first kappa shape index (κ1) is 10.2. The van der Waals surface area contributed by atoms with Gasteiger partial charge < -0.3 is 8.99 Å². The van der Waals surface area contributed by atoms with Crippen molar-refractivity contribution in [3.63, 3.8) is 0 Å². The minimum atomic E-state index is -0.291. The van der Waals surface area contributed by atoms with Gasteiger partial charge in [-0.25, -0.2) is 0 Å². The first-order chi connectivity index (χ1) is 5.93. The predicted octanol–water partition coefficient (Wildman–Crippen LogP) is 1.29. The lowest BCUT2D eigenvalue weighted by atomic mass is 10.2. The molecule has 1 aliphatic heterocycles. The molecule has 1 heterocycles. The van der Waals surface area contributed by atoms with Gasteiger partial charge in [0.1, 0.15) is 0 Å². The van der Waals surface area contributed by atoms with Gasteiger partial charge in [0.25, 0.3) is 0 Å². The molecule has 2 fully saturated rings. The van der Waals surface area contributed by atoms with Crippen molar-refractivity contribution in [3.8, 4) is 0 Å². The fraction of sp³-hybridized carbons (Fsp3) is 1.00. The van der Waals surface area contributed by atoms with Crippen molar-refractivity contribution >= 4 is 9.92 Å². The summed E-state index contributed by atoms with van der Waals surface area (Å²) >= 11 is 0. The minimum Gasteiger partial charge on any atom is -0.411 e. The molecule has 0 atom stereocenters. The van der Waals surface area contributed by atoms with Gasteiger partial charge in [-0.15, -0.1) is 0 Å². The van der Waals surface area contributed by atoms with Gasteiger partial charge in [0, 0.05) is 7.11 Å². The van der Waals surface area contributed by atoms with Crippen LogP contribution in [0.25, 0.3) is 0 Å². The average molecular weight is 187 g/mol. The van der Waals surface area contributed by atoms with Gasteiger partial charge in [0.2, 0.25) is 9.92 Å². The zero-order chi connectivity index (χ0) is 8.65. The van der Waals surface area contributed by atoms with E-state index in [1.54, 1.807) is 0 Å². The Morgan fingerprint density at radius 3 is 1.83 bits per heavy atom. The SMILES string of the molecule is C1CC1.CO[SiH2]N1CCCCC1. The molecular weight excluding hydrogens is 166 g/mol. The Kier molecular flexibility index (Phi) is 5.65. The second-order valence-electron chi connectivity index (χ2n) is 3.66. The standard InChI is InChI=1S/C6H15NOSi.C3H6/c1-8-9-7-5-3-2-4-6-7;1-2-3-1/h2-6,9H2,1H3;1-3H2. The van der Waals surface area contributed by atoms with Gasteiger partial charge in [-0.05, 0) is 25.9 Å². The number of hydrogen-bond donors (Lipinski definition) is 0. The van der Waals surface area contributed by atoms with Crippen molar-refractivity contribution in [1.82, 2.24) is 4.57 Å². The zero-order valence-electron chi connectivity index (χ0n) is 8.22. The normalized spacial score (nSPS) is 23.8. The lowest BCUT2D eigenvalue weighted by Gasteiger charge is -2.24. The van der Waals surface area contributed by atoms with E-state index in [-0.39, 0.29) is 9.92 Å². The predicted molar refractivity (Wildman–Crippen MR) is 54.8 cm³/mol. The van der Waals surface area contributed by atoms with E-state index in [0.717, 1.165) is 0 Å². The summed E-state index contributed by atoms with van der Waals surface area (Å²) in [7, 11) is 1.53. The van der Waals surface area contributed by atoms with E-state index < -0.39 is 0 Å². The highest BCUT2D eigenvalue weighted by atomic mass is 28.2. The van der Waals surface area contributed by atoms with Crippen LogP contribution in [-0.2, 0) is 4.43 Å². The van der Waals surface area contributed by atoms with E-state index in [9.17, 15) is 0 Å². The quantitative estimate of drug-likeness (QED) is 0.604. The number of hydrogen-bond acceptors (Lipinski definition) is 2. The first-order valence-corrected chi connectivity index (χ1v) is 6.36. The summed E-state index contributed by atoms with van der Waals surface area (Å²) < 4.78 is 7.64. The van der Waals surface area contributed by atoms with Crippen molar-refractivity contribution in [3.05, 3.63) is 0 Å². The maximum Gasteiger partial charge on any atom is 0.238 e. The summed E-state index contributed by atoms with van der Waals surface area (Å²) in [5.74, 6) is 0. The van der Waals surface area contributed by atoms with Crippen LogP contribution in [0, 0.1) is 0 Å². The largest absolute Gasteiger partial charge is 0.411 e. The highest BCUT2D eigenvalue weighted by molar-refractivity contribution is 6.23. The van der Waals surface area contributed by atoms with Gasteiger partial charge in [0.15, 0.2) is 0 Å². The minimum absolute atomic E-state index is 0.291. The molecule has 0 spiro atoms. The van der Waals surface area contributed by atoms with Crippen molar-refractivity contribution < 1.29 is 4.43 Å². The fourth-order valence-electron chi connectivity index (χ4n) is 1.27. The maximum atomic E-state index is 5.15. The Morgan fingerprint density at radius 2 is 1.42 bits per heavy atom. The summed E-state index contributed by atoms with van der Waals surface area (Å²) in [5.41, 5.74) is 0. The van der Waals surface area contributed by atoms with Gasteiger partial charge in [-0.2, -0.15) is 0 Å². The van der Waals surface area contributed by atoms with Crippen LogP contribution in [0.1, 0.15) is 38.5 Å². The molecule has 0 N–H and O–H groups in total. The molecule has 0 aromatic carbocycles. The van der Waals surface area contributed by atoms with Crippen LogP contribution in [0.5, 0.6) is 0 Å². The maximum absolute atomic E-state index is 5.15. The van der Waals surface area contributed by atoms with Crippen molar-refractivity contribution in [1.29, 1.82) is 0 Å². The molecule has 0 unspecified atom stereocenters. The van der Waals surface area contributed by atoms with Gasteiger partial charge in [-0.1, -0.05) is 25.7 Å². The molecule has 0 bridgehead atoms. The van der Waals surface area contributed by atoms with Crippen molar-refractivity contribution in [2.75, 3.05) is 20.2 Å². The molecule has 1 saturated heterocycles. The summed E-state index contributed by atoms with van der Waals surface area (Å²) in [6, 6.07) is 0. The van der Waals surface area contributed by atoms with Crippen LogP contribution in [0.15, 0.2) is 0 Å². The van der Waals surface area contributed by atoms with Crippen LogP contribution >= 0.6 is 0 Å². The Labute approximate surface area is 78.3 Å². The molecular formula is C9H21NOSi. The van der Waals surface area contributed by atoms with Crippen molar-refractivity contribution in [2.24, 2.45) is 0 Å². The summed E-state index contributed by atoms with van der Waals surface area (Å²) in [4.78, 5) is 0. The average Bonchev–Trinajstić information content (AvgIpc) is 2.93. The third-order valence-electron chi connectivity index (χ3n) is 2.11. The molecule has 1 saturated carbocycles. The molecule has 3 heteroatoms. The number of rotatable bonds is 2. The van der Waals surface area contributed by atoms with Crippen molar-refractivity contribution in [2.45, 2.75) is 38.5 Å². The summed E-state index contributed by atoms with van der Waals surface area (Å²) in [6.07, 6.45) is 8.70. The third-order valence-corrected chi connectivity index (χ3v) is 3.37. The van der Waals surface area contributed by atoms with E-state index in [2.05, 4.69) is 4.57 Å². The first-order valence-electron chi connectivity index (χ1n) is 5.15. The molecule has 0 radical (unpaired) electrons. The van der Waals surface area contributed by atoms with E-state index in [4.69, 9.17) is 4.43 Å². The second-order valence-corrected chi connectivity index (χ2v) is 5.39. The number of nitrogens with zero attached hydrogens (tertiary/aromatic N) is 1. The van der Waals surface area contributed by atoms with Crippen LogP contribution in [0.3, 0.4) is 0 Å². The Balaban J connectivity index is 0.000000200. The molecule has 0 aromatic heterocycles. The summed E-state index contributed by atoms with van der Waals surface area (Å²) in [6.45, 7) is 2.58. The monoisotopic (exact) mass is 187 g/mol. The lowest BCUT2D eigenvalue weighted by Crippen LogP contribution is -2.33. The van der Waals surface area contributed by atoms with E-state index in [1.807, 2.05) is 7.11 Å². The second kappa shape index (κ2) is 6.63. The topological polar surface area (TPSA) is 12.5 Å². The van der Waals surface area contributed by atoms with Crippen LogP contribution < -0.4 is 0 Å². The Bertz CT molecular complexity index is 97.2. The van der Waals surface area contributed by atoms with E-state index in [0.29, 0.717) is 0 Å². The lowest BCUT2D eigenvalue weighted by molar-refractivity contribution is 0.299. The Hall–Kier alpha value is 0.137. The molecule has 0 aromatic rings. The molecule has 2 nitrogen and oxygen atoms in total. The van der Waals surface area contributed by atoms with Gasteiger partial charge in [-0.3, -0.25) is 0 Å². The highest BCUT2D eigenvalue weighted by Crippen LogP contribution is 2.14. The van der Waals surface area contributed by atoms with Gasteiger partial charge in [0.05, 0.1) is 0 Å². The van der Waals surface area contributed by atoms with E-state index in [1.165, 1.54) is 51.6 Å². The van der Waals surface area contributed by atoms with Gasteiger partial charge >= 0.3 is 0 Å². The van der Waals surface area contributed by atoms with Crippen LogP contribution in [-0.4, -0.2) is 34.7 Å². The third kappa shape index (κ3) is 5.74. The molecule has 1 aliphatic carbocycles.